The zero-order valence-corrected chi connectivity index (χ0v) is 20.7. The zero-order valence-electron chi connectivity index (χ0n) is 20.7. The summed E-state index contributed by atoms with van der Waals surface area (Å²) in [5.41, 5.74) is 7.74. The summed E-state index contributed by atoms with van der Waals surface area (Å²) < 4.78 is 0. The molecule has 1 amide bonds. The van der Waals surface area contributed by atoms with E-state index >= 15 is 0 Å². The first-order chi connectivity index (χ1) is 17.4. The van der Waals surface area contributed by atoms with Gasteiger partial charge in [-0.1, -0.05) is 19.3 Å². The molecule has 1 aliphatic heterocycles. The molecular weight excluding hydrogens is 458 g/mol. The molecule has 2 heterocycles. The SMILES string of the molecule is CN(c1nc(C=N)c(C(N)=O)c(Nc2ccc(N3CCC(CC(=O)O)CC3)cc2)n1)C1CCCCC1. The van der Waals surface area contributed by atoms with Gasteiger partial charge in [-0.05, 0) is 55.9 Å². The number of aliphatic carboxylic acids is 1. The van der Waals surface area contributed by atoms with E-state index in [9.17, 15) is 9.59 Å². The number of piperidine rings is 1. The van der Waals surface area contributed by atoms with Crippen LogP contribution in [0.5, 0.6) is 0 Å². The van der Waals surface area contributed by atoms with Gasteiger partial charge in [0.15, 0.2) is 0 Å². The van der Waals surface area contributed by atoms with Crippen molar-refractivity contribution in [3.05, 3.63) is 35.5 Å². The number of anilines is 4. The quantitative estimate of drug-likeness (QED) is 0.386. The minimum absolute atomic E-state index is 0.0929. The number of carboxylic acid groups (broad SMARTS) is 1. The number of carboxylic acids is 1. The van der Waals surface area contributed by atoms with Gasteiger partial charge in [0.25, 0.3) is 5.91 Å². The highest BCUT2D eigenvalue weighted by molar-refractivity contribution is 6.04. The van der Waals surface area contributed by atoms with Gasteiger partial charge in [-0.15, -0.1) is 0 Å². The molecule has 1 saturated carbocycles. The predicted octanol–water partition coefficient (Wildman–Crippen LogP) is 3.78. The predicted molar refractivity (Wildman–Crippen MR) is 141 cm³/mol. The third-order valence-electron chi connectivity index (χ3n) is 7.32. The fourth-order valence-corrected chi connectivity index (χ4v) is 5.23. The van der Waals surface area contributed by atoms with Crippen molar-refractivity contribution >= 4 is 41.2 Å². The maximum atomic E-state index is 12.3. The molecular formula is C26H35N7O3. The lowest BCUT2D eigenvalue weighted by molar-refractivity contribution is -0.138. The van der Waals surface area contributed by atoms with Crippen LogP contribution in [0.3, 0.4) is 0 Å². The van der Waals surface area contributed by atoms with Crippen LogP contribution in [0.15, 0.2) is 24.3 Å². The number of rotatable bonds is 9. The molecule has 10 heteroatoms. The van der Waals surface area contributed by atoms with Crippen LogP contribution in [0.2, 0.25) is 0 Å². The lowest BCUT2D eigenvalue weighted by Gasteiger charge is -2.33. The van der Waals surface area contributed by atoms with E-state index in [1.54, 1.807) is 0 Å². The third-order valence-corrected chi connectivity index (χ3v) is 7.32. The molecule has 10 nitrogen and oxygen atoms in total. The Morgan fingerprint density at radius 1 is 1.14 bits per heavy atom. The Hall–Kier alpha value is -3.69. The van der Waals surface area contributed by atoms with Crippen molar-refractivity contribution in [3.63, 3.8) is 0 Å². The lowest BCUT2D eigenvalue weighted by Crippen LogP contribution is -2.35. The maximum absolute atomic E-state index is 12.3. The number of nitrogens with one attached hydrogen (secondary N) is 2. The number of benzene rings is 1. The van der Waals surface area contributed by atoms with E-state index in [1.165, 1.54) is 19.3 Å². The molecule has 1 aromatic carbocycles. The molecule has 2 fully saturated rings. The largest absolute Gasteiger partial charge is 0.481 e. The Bertz CT molecular complexity index is 1090. The van der Waals surface area contributed by atoms with Gasteiger partial charge in [0.2, 0.25) is 5.95 Å². The number of amides is 1. The second kappa shape index (κ2) is 11.4. The molecule has 0 bridgehead atoms. The molecule has 1 aliphatic carbocycles. The van der Waals surface area contributed by atoms with Gasteiger partial charge in [-0.25, -0.2) is 4.98 Å². The van der Waals surface area contributed by atoms with E-state index in [0.717, 1.165) is 56.4 Å². The van der Waals surface area contributed by atoms with Crippen molar-refractivity contribution in [1.82, 2.24) is 9.97 Å². The third kappa shape index (κ3) is 5.92. The number of nitrogens with two attached hydrogens (primary N) is 1. The van der Waals surface area contributed by atoms with E-state index in [0.29, 0.717) is 12.0 Å². The summed E-state index contributed by atoms with van der Waals surface area (Å²) in [4.78, 5) is 36.7. The van der Waals surface area contributed by atoms with Gasteiger partial charge >= 0.3 is 5.97 Å². The molecule has 4 rings (SSSR count). The number of hydrogen-bond acceptors (Lipinski definition) is 8. The highest BCUT2D eigenvalue weighted by Crippen LogP contribution is 2.30. The first-order valence-electron chi connectivity index (χ1n) is 12.6. The van der Waals surface area contributed by atoms with Crippen LogP contribution in [0.1, 0.15) is 67.4 Å². The molecule has 0 radical (unpaired) electrons. The fraction of sp³-hybridized carbons (Fsp3) is 0.500. The first kappa shape index (κ1) is 25.4. The van der Waals surface area contributed by atoms with Crippen molar-refractivity contribution in [3.8, 4) is 0 Å². The Morgan fingerprint density at radius 2 is 1.81 bits per heavy atom. The standard InChI is InChI=1S/C26H35N7O3/c1-32(19-5-3-2-4-6-19)26-30-21(16-27)23(24(28)36)25(31-26)29-18-7-9-20(10-8-18)33-13-11-17(12-14-33)15-22(34)35/h7-10,16-17,19,27H,2-6,11-15H2,1H3,(H2,28,36)(H,34,35)(H,29,30,31). The van der Waals surface area contributed by atoms with Gasteiger partial charge in [0.1, 0.15) is 17.1 Å². The first-order valence-corrected chi connectivity index (χ1v) is 12.6. The summed E-state index contributed by atoms with van der Waals surface area (Å²) in [6.07, 6.45) is 8.69. The van der Waals surface area contributed by atoms with Crippen LogP contribution in [-0.2, 0) is 4.79 Å². The van der Waals surface area contributed by atoms with Gasteiger partial charge in [0, 0.05) is 50.2 Å². The van der Waals surface area contributed by atoms with Crippen LogP contribution in [0.4, 0.5) is 23.1 Å². The highest BCUT2D eigenvalue weighted by atomic mass is 16.4. The molecule has 2 aliphatic rings. The van der Waals surface area contributed by atoms with E-state index in [4.69, 9.17) is 16.2 Å². The highest BCUT2D eigenvalue weighted by Gasteiger charge is 2.25. The number of primary amides is 1. The van der Waals surface area contributed by atoms with Crippen molar-refractivity contribution in [2.75, 3.05) is 35.3 Å². The van der Waals surface area contributed by atoms with E-state index in [-0.39, 0.29) is 29.4 Å². The zero-order chi connectivity index (χ0) is 25.7. The van der Waals surface area contributed by atoms with Crippen LogP contribution in [0, 0.1) is 11.3 Å². The Labute approximate surface area is 211 Å². The number of carbonyl (C=O) groups is 2. The monoisotopic (exact) mass is 493 g/mol. The fourth-order valence-electron chi connectivity index (χ4n) is 5.23. The molecule has 1 aromatic heterocycles. The topological polar surface area (TPSA) is 149 Å². The number of carbonyl (C=O) groups excluding carboxylic acids is 1. The van der Waals surface area contributed by atoms with E-state index in [1.807, 2.05) is 36.2 Å². The Morgan fingerprint density at radius 3 is 2.39 bits per heavy atom. The van der Waals surface area contributed by atoms with Gasteiger partial charge < -0.3 is 31.4 Å². The molecule has 1 saturated heterocycles. The summed E-state index contributed by atoms with van der Waals surface area (Å²) in [7, 11) is 1.96. The van der Waals surface area contributed by atoms with Crippen LogP contribution >= 0.6 is 0 Å². The Balaban J connectivity index is 1.52. The normalized spacial score (nSPS) is 17.0. The van der Waals surface area contributed by atoms with Crippen LogP contribution in [-0.4, -0.2) is 59.3 Å². The average Bonchev–Trinajstić information content (AvgIpc) is 2.88. The number of nitrogens with zero attached hydrogens (tertiary/aromatic N) is 4. The van der Waals surface area contributed by atoms with Crippen molar-refractivity contribution in [1.29, 1.82) is 5.41 Å². The smallest absolute Gasteiger partial charge is 0.303 e. The molecule has 36 heavy (non-hydrogen) atoms. The van der Waals surface area contributed by atoms with Gasteiger partial charge in [-0.2, -0.15) is 4.98 Å². The number of hydrogen-bond donors (Lipinski definition) is 4. The molecule has 0 unspecified atom stereocenters. The average molecular weight is 494 g/mol. The summed E-state index contributed by atoms with van der Waals surface area (Å²) in [6.45, 7) is 1.64. The van der Waals surface area contributed by atoms with Crippen molar-refractivity contribution < 1.29 is 14.7 Å². The molecule has 192 valence electrons. The molecule has 5 N–H and O–H groups in total. The molecule has 0 spiro atoms. The Kier molecular flexibility index (Phi) is 8.02. The lowest BCUT2D eigenvalue weighted by atomic mass is 9.93. The maximum Gasteiger partial charge on any atom is 0.303 e. The summed E-state index contributed by atoms with van der Waals surface area (Å²) >= 11 is 0. The van der Waals surface area contributed by atoms with E-state index in [2.05, 4.69) is 20.2 Å². The van der Waals surface area contributed by atoms with Gasteiger partial charge in [0.05, 0.1) is 0 Å². The second-order valence-electron chi connectivity index (χ2n) is 9.74. The van der Waals surface area contributed by atoms with Crippen LogP contribution < -0.4 is 20.9 Å². The summed E-state index contributed by atoms with van der Waals surface area (Å²) in [5, 5.41) is 20.1. The minimum atomic E-state index is -0.733. The van der Waals surface area contributed by atoms with Crippen LogP contribution in [0.25, 0.3) is 0 Å². The van der Waals surface area contributed by atoms with E-state index < -0.39 is 11.9 Å². The summed E-state index contributed by atoms with van der Waals surface area (Å²) in [5.74, 6) is -0.440. The number of aromatic nitrogens is 2. The summed E-state index contributed by atoms with van der Waals surface area (Å²) in [6, 6.07) is 8.15. The minimum Gasteiger partial charge on any atom is -0.481 e. The second-order valence-corrected chi connectivity index (χ2v) is 9.74. The molecule has 2 aromatic rings. The van der Waals surface area contributed by atoms with Gasteiger partial charge in [-0.3, -0.25) is 9.59 Å². The van der Waals surface area contributed by atoms with Crippen molar-refractivity contribution in [2.45, 2.75) is 57.4 Å². The molecule has 0 atom stereocenters. The van der Waals surface area contributed by atoms with Crippen molar-refractivity contribution in [2.24, 2.45) is 11.7 Å².